The topological polar surface area (TPSA) is 88.8 Å². The van der Waals surface area contributed by atoms with Crippen LogP contribution in [0.5, 0.6) is 0 Å². The Morgan fingerprint density at radius 1 is 1.00 bits per heavy atom. The fourth-order valence-corrected chi connectivity index (χ4v) is 1.49. The second-order valence-corrected chi connectivity index (χ2v) is 4.04. The summed E-state index contributed by atoms with van der Waals surface area (Å²) >= 11 is 0. The standard InChI is InChI=1S/C12H27N5/c1-3-5-6-7-8-9-10-16-12(15-4-2)17-11(13)14/h3-10H2,1-2H3,(H5,13,14,15,16,17). The molecule has 0 rings (SSSR count). The van der Waals surface area contributed by atoms with Crippen LogP contribution in [0.3, 0.4) is 0 Å². The van der Waals surface area contributed by atoms with Gasteiger partial charge in [0.25, 0.3) is 0 Å². The van der Waals surface area contributed by atoms with Crippen LogP contribution in [0.2, 0.25) is 0 Å². The van der Waals surface area contributed by atoms with E-state index >= 15 is 0 Å². The molecule has 5 heteroatoms. The molecule has 0 aliphatic carbocycles. The van der Waals surface area contributed by atoms with E-state index in [2.05, 4.69) is 22.2 Å². The first kappa shape index (κ1) is 15.7. The quantitative estimate of drug-likeness (QED) is 0.342. The Morgan fingerprint density at radius 3 is 2.24 bits per heavy atom. The van der Waals surface area contributed by atoms with Gasteiger partial charge in [-0.2, -0.15) is 4.99 Å². The van der Waals surface area contributed by atoms with Gasteiger partial charge in [0.1, 0.15) is 0 Å². The van der Waals surface area contributed by atoms with Crippen molar-refractivity contribution in [3.05, 3.63) is 0 Å². The lowest BCUT2D eigenvalue weighted by atomic mass is 10.1. The first-order chi connectivity index (χ1) is 8.20. The number of rotatable bonds is 8. The van der Waals surface area contributed by atoms with Gasteiger partial charge in [0.2, 0.25) is 5.96 Å². The molecule has 0 aliphatic heterocycles. The largest absolute Gasteiger partial charge is 0.370 e. The van der Waals surface area contributed by atoms with E-state index in [0.29, 0.717) is 5.96 Å². The van der Waals surface area contributed by atoms with Gasteiger partial charge in [0.05, 0.1) is 0 Å². The Labute approximate surface area is 105 Å². The van der Waals surface area contributed by atoms with Crippen molar-refractivity contribution in [3.8, 4) is 0 Å². The molecular formula is C12H27N5. The van der Waals surface area contributed by atoms with Crippen molar-refractivity contribution in [2.75, 3.05) is 13.1 Å². The van der Waals surface area contributed by atoms with Crippen molar-refractivity contribution in [1.29, 1.82) is 0 Å². The van der Waals surface area contributed by atoms with E-state index in [0.717, 1.165) is 19.5 Å². The first-order valence-corrected chi connectivity index (χ1v) is 6.58. The Bertz CT molecular complexity index is 231. The van der Waals surface area contributed by atoms with Gasteiger partial charge in [-0.3, -0.25) is 4.99 Å². The zero-order valence-electron chi connectivity index (χ0n) is 11.2. The molecule has 0 heterocycles. The zero-order valence-corrected chi connectivity index (χ0v) is 11.2. The molecule has 0 fully saturated rings. The van der Waals surface area contributed by atoms with E-state index in [-0.39, 0.29) is 5.96 Å². The highest BCUT2D eigenvalue weighted by atomic mass is 15.2. The van der Waals surface area contributed by atoms with Gasteiger partial charge in [0, 0.05) is 13.1 Å². The molecule has 0 saturated heterocycles. The van der Waals surface area contributed by atoms with Crippen LogP contribution in [0.15, 0.2) is 9.98 Å². The lowest BCUT2D eigenvalue weighted by molar-refractivity contribution is 0.612. The molecule has 5 nitrogen and oxygen atoms in total. The monoisotopic (exact) mass is 241 g/mol. The van der Waals surface area contributed by atoms with Crippen LogP contribution in [0, 0.1) is 0 Å². The average Bonchev–Trinajstić information content (AvgIpc) is 2.27. The van der Waals surface area contributed by atoms with Crippen molar-refractivity contribution in [3.63, 3.8) is 0 Å². The summed E-state index contributed by atoms with van der Waals surface area (Å²) in [5.74, 6) is 0.591. The van der Waals surface area contributed by atoms with Crippen LogP contribution >= 0.6 is 0 Å². The summed E-state index contributed by atoms with van der Waals surface area (Å²) in [5, 5.41) is 3.03. The molecule has 0 unspecified atom stereocenters. The fourth-order valence-electron chi connectivity index (χ4n) is 1.49. The van der Waals surface area contributed by atoms with Crippen LogP contribution in [0.4, 0.5) is 0 Å². The highest BCUT2D eigenvalue weighted by Gasteiger charge is 1.94. The van der Waals surface area contributed by atoms with Crippen LogP contribution in [0.1, 0.15) is 52.4 Å². The molecule has 100 valence electrons. The number of nitrogens with zero attached hydrogens (tertiary/aromatic N) is 2. The lowest BCUT2D eigenvalue weighted by Gasteiger charge is -2.03. The molecule has 0 aromatic rings. The summed E-state index contributed by atoms with van der Waals surface area (Å²) in [4.78, 5) is 8.25. The minimum absolute atomic E-state index is 0.0487. The first-order valence-electron chi connectivity index (χ1n) is 6.58. The van der Waals surface area contributed by atoms with E-state index in [4.69, 9.17) is 11.5 Å². The number of nitrogens with one attached hydrogen (secondary N) is 1. The number of nitrogens with two attached hydrogens (primary N) is 2. The van der Waals surface area contributed by atoms with Crippen LogP contribution < -0.4 is 16.8 Å². The van der Waals surface area contributed by atoms with Crippen molar-refractivity contribution >= 4 is 11.9 Å². The van der Waals surface area contributed by atoms with Crippen molar-refractivity contribution in [2.45, 2.75) is 52.4 Å². The average molecular weight is 241 g/mol. The van der Waals surface area contributed by atoms with Crippen LogP contribution in [-0.4, -0.2) is 25.0 Å². The third-order valence-electron chi connectivity index (χ3n) is 2.34. The normalized spacial score (nSPS) is 11.3. The minimum Gasteiger partial charge on any atom is -0.370 e. The maximum atomic E-state index is 5.32. The van der Waals surface area contributed by atoms with E-state index in [1.807, 2.05) is 6.92 Å². The predicted molar refractivity (Wildman–Crippen MR) is 75.2 cm³/mol. The summed E-state index contributed by atoms with van der Waals surface area (Å²) in [6, 6.07) is 0. The number of unbranched alkanes of at least 4 members (excludes halogenated alkanes) is 5. The molecule has 0 aliphatic rings. The molecule has 0 saturated carbocycles. The summed E-state index contributed by atoms with van der Waals surface area (Å²) < 4.78 is 0. The van der Waals surface area contributed by atoms with E-state index in [1.54, 1.807) is 0 Å². The van der Waals surface area contributed by atoms with Crippen LogP contribution in [-0.2, 0) is 0 Å². The maximum Gasteiger partial charge on any atom is 0.221 e. The Hall–Kier alpha value is -1.26. The molecule has 0 bridgehead atoms. The molecule has 17 heavy (non-hydrogen) atoms. The van der Waals surface area contributed by atoms with Crippen molar-refractivity contribution < 1.29 is 0 Å². The smallest absolute Gasteiger partial charge is 0.221 e. The minimum atomic E-state index is 0.0487. The lowest BCUT2D eigenvalue weighted by Crippen LogP contribution is -2.29. The Morgan fingerprint density at radius 2 is 1.65 bits per heavy atom. The number of hydrogen-bond acceptors (Lipinski definition) is 1. The SMILES string of the molecule is CCCCCCCCN=C(N=C(N)N)NCC. The number of aliphatic imine (C=N–C) groups is 2. The van der Waals surface area contributed by atoms with Crippen molar-refractivity contribution in [2.24, 2.45) is 21.5 Å². The molecule has 0 amide bonds. The Balaban J connectivity index is 3.73. The summed E-state index contributed by atoms with van der Waals surface area (Å²) in [6.07, 6.45) is 7.56. The number of guanidine groups is 2. The van der Waals surface area contributed by atoms with Gasteiger partial charge in [0.15, 0.2) is 5.96 Å². The van der Waals surface area contributed by atoms with Crippen LogP contribution in [0.25, 0.3) is 0 Å². The second-order valence-electron chi connectivity index (χ2n) is 4.04. The zero-order chi connectivity index (χ0) is 12.9. The van der Waals surface area contributed by atoms with Gasteiger partial charge < -0.3 is 16.8 Å². The molecule has 0 aromatic heterocycles. The maximum absolute atomic E-state index is 5.32. The fraction of sp³-hybridized carbons (Fsp3) is 0.833. The summed E-state index contributed by atoms with van der Waals surface area (Å²) in [5.41, 5.74) is 10.6. The predicted octanol–water partition coefficient (Wildman–Crippen LogP) is 1.59. The van der Waals surface area contributed by atoms with E-state index < -0.39 is 0 Å². The molecular weight excluding hydrogens is 214 g/mol. The van der Waals surface area contributed by atoms with Crippen molar-refractivity contribution in [1.82, 2.24) is 5.32 Å². The molecule has 5 N–H and O–H groups in total. The highest BCUT2D eigenvalue weighted by molar-refractivity contribution is 5.93. The second kappa shape index (κ2) is 11.2. The summed E-state index contributed by atoms with van der Waals surface area (Å²) in [7, 11) is 0. The van der Waals surface area contributed by atoms with Gasteiger partial charge in [-0.05, 0) is 13.3 Å². The van der Waals surface area contributed by atoms with Gasteiger partial charge in [-0.1, -0.05) is 39.0 Å². The molecule has 0 radical (unpaired) electrons. The van der Waals surface area contributed by atoms with E-state index in [9.17, 15) is 0 Å². The summed E-state index contributed by atoms with van der Waals surface area (Å²) in [6.45, 7) is 5.77. The van der Waals surface area contributed by atoms with Gasteiger partial charge in [-0.15, -0.1) is 0 Å². The molecule has 0 spiro atoms. The third-order valence-corrected chi connectivity index (χ3v) is 2.34. The Kier molecular flexibility index (Phi) is 10.4. The number of hydrogen-bond donors (Lipinski definition) is 3. The molecule has 0 atom stereocenters. The van der Waals surface area contributed by atoms with Gasteiger partial charge in [-0.25, -0.2) is 0 Å². The third kappa shape index (κ3) is 11.0. The molecule has 0 aromatic carbocycles. The van der Waals surface area contributed by atoms with E-state index in [1.165, 1.54) is 32.1 Å². The highest BCUT2D eigenvalue weighted by Crippen LogP contribution is 2.04. The van der Waals surface area contributed by atoms with Gasteiger partial charge >= 0.3 is 0 Å².